The highest BCUT2D eigenvalue weighted by atomic mass is 16.2. The zero-order chi connectivity index (χ0) is 11.4. The second-order valence-corrected chi connectivity index (χ2v) is 4.73. The summed E-state index contributed by atoms with van der Waals surface area (Å²) in [5, 5.41) is 3.39. The summed E-state index contributed by atoms with van der Waals surface area (Å²) >= 11 is 0. The lowest BCUT2D eigenvalue weighted by Gasteiger charge is -2.20. The van der Waals surface area contributed by atoms with E-state index in [2.05, 4.69) is 5.32 Å². The number of carbonyl (C=O) groups excluding carboxylic acids is 2. The Balaban J connectivity index is 1.84. The number of hydrogen-bond acceptors (Lipinski definition) is 3. The van der Waals surface area contributed by atoms with Gasteiger partial charge in [0, 0.05) is 25.4 Å². The van der Waals surface area contributed by atoms with Gasteiger partial charge in [-0.2, -0.15) is 0 Å². The van der Waals surface area contributed by atoms with E-state index in [-0.39, 0.29) is 11.8 Å². The van der Waals surface area contributed by atoms with Gasteiger partial charge in [0.25, 0.3) is 0 Å². The topological polar surface area (TPSA) is 49.4 Å². The number of amides is 2. The van der Waals surface area contributed by atoms with Gasteiger partial charge in [-0.1, -0.05) is 0 Å². The SMILES string of the molecule is O=C1CCCCC(=O)N1CCC1CCCN1. The van der Waals surface area contributed by atoms with Crippen molar-refractivity contribution in [1.82, 2.24) is 10.2 Å². The lowest BCUT2D eigenvalue weighted by atomic mass is 10.1. The van der Waals surface area contributed by atoms with Gasteiger partial charge < -0.3 is 5.32 Å². The number of hydrogen-bond donors (Lipinski definition) is 1. The molecule has 0 spiro atoms. The van der Waals surface area contributed by atoms with Gasteiger partial charge in [0.15, 0.2) is 0 Å². The summed E-state index contributed by atoms with van der Waals surface area (Å²) in [6, 6.07) is 0.504. The minimum atomic E-state index is 0.0282. The van der Waals surface area contributed by atoms with Crippen LogP contribution in [0.5, 0.6) is 0 Å². The first-order valence-corrected chi connectivity index (χ1v) is 6.34. The fourth-order valence-corrected chi connectivity index (χ4v) is 2.50. The van der Waals surface area contributed by atoms with Crippen LogP contribution in [0.1, 0.15) is 44.9 Å². The maximum Gasteiger partial charge on any atom is 0.229 e. The van der Waals surface area contributed by atoms with Gasteiger partial charge in [-0.3, -0.25) is 14.5 Å². The molecule has 1 unspecified atom stereocenters. The van der Waals surface area contributed by atoms with Gasteiger partial charge in [0.05, 0.1) is 0 Å². The molecule has 2 rings (SSSR count). The van der Waals surface area contributed by atoms with Crippen LogP contribution in [0.2, 0.25) is 0 Å². The molecule has 2 saturated heterocycles. The molecule has 0 radical (unpaired) electrons. The molecule has 0 aliphatic carbocycles. The van der Waals surface area contributed by atoms with Crippen molar-refractivity contribution in [2.75, 3.05) is 13.1 Å². The summed E-state index contributed by atoms with van der Waals surface area (Å²) in [7, 11) is 0. The van der Waals surface area contributed by atoms with Crippen LogP contribution in [-0.2, 0) is 9.59 Å². The first kappa shape index (κ1) is 11.6. The number of likely N-dealkylation sites (tertiary alicyclic amines) is 1. The third-order valence-corrected chi connectivity index (χ3v) is 3.50. The minimum Gasteiger partial charge on any atom is -0.314 e. The van der Waals surface area contributed by atoms with Crippen molar-refractivity contribution in [3.63, 3.8) is 0 Å². The first-order valence-electron chi connectivity index (χ1n) is 6.34. The average molecular weight is 224 g/mol. The molecule has 2 fully saturated rings. The van der Waals surface area contributed by atoms with E-state index in [9.17, 15) is 9.59 Å². The Labute approximate surface area is 96.4 Å². The minimum absolute atomic E-state index is 0.0282. The molecule has 2 amide bonds. The van der Waals surface area contributed by atoms with Crippen LogP contribution in [-0.4, -0.2) is 35.8 Å². The van der Waals surface area contributed by atoms with Gasteiger partial charge >= 0.3 is 0 Å². The summed E-state index contributed by atoms with van der Waals surface area (Å²) in [5.74, 6) is 0.0565. The van der Waals surface area contributed by atoms with E-state index in [1.165, 1.54) is 17.7 Å². The summed E-state index contributed by atoms with van der Waals surface area (Å²) in [6.45, 7) is 1.68. The van der Waals surface area contributed by atoms with Gasteiger partial charge in [-0.15, -0.1) is 0 Å². The fourth-order valence-electron chi connectivity index (χ4n) is 2.50. The second kappa shape index (κ2) is 5.43. The third kappa shape index (κ3) is 2.82. The molecule has 0 aromatic carbocycles. The number of imide groups is 1. The van der Waals surface area contributed by atoms with Crippen LogP contribution in [0, 0.1) is 0 Å². The number of carbonyl (C=O) groups is 2. The van der Waals surface area contributed by atoms with E-state index >= 15 is 0 Å². The van der Waals surface area contributed by atoms with E-state index < -0.39 is 0 Å². The summed E-state index contributed by atoms with van der Waals surface area (Å²) < 4.78 is 0. The van der Waals surface area contributed by atoms with Crippen molar-refractivity contribution >= 4 is 11.8 Å². The van der Waals surface area contributed by atoms with E-state index in [0.29, 0.717) is 25.4 Å². The van der Waals surface area contributed by atoms with Crippen molar-refractivity contribution < 1.29 is 9.59 Å². The molecule has 90 valence electrons. The van der Waals surface area contributed by atoms with E-state index in [1.54, 1.807) is 0 Å². The second-order valence-electron chi connectivity index (χ2n) is 4.73. The van der Waals surface area contributed by atoms with Crippen molar-refractivity contribution in [3.8, 4) is 0 Å². The smallest absolute Gasteiger partial charge is 0.229 e. The molecule has 0 bridgehead atoms. The highest BCUT2D eigenvalue weighted by Crippen LogP contribution is 2.15. The van der Waals surface area contributed by atoms with E-state index in [1.807, 2.05) is 0 Å². The third-order valence-electron chi connectivity index (χ3n) is 3.50. The normalized spacial score (nSPS) is 27.2. The van der Waals surface area contributed by atoms with Crippen LogP contribution in [0.3, 0.4) is 0 Å². The predicted molar refractivity (Wildman–Crippen MR) is 60.8 cm³/mol. The molecule has 2 heterocycles. The van der Waals surface area contributed by atoms with Crippen LogP contribution >= 0.6 is 0 Å². The largest absolute Gasteiger partial charge is 0.314 e. The standard InChI is InChI=1S/C12H20N2O2/c15-11-5-1-2-6-12(16)14(11)9-7-10-4-3-8-13-10/h10,13H,1-9H2. The van der Waals surface area contributed by atoms with E-state index in [0.717, 1.165) is 25.8 Å². The van der Waals surface area contributed by atoms with E-state index in [4.69, 9.17) is 0 Å². The summed E-state index contributed by atoms with van der Waals surface area (Å²) in [4.78, 5) is 24.9. The van der Waals surface area contributed by atoms with Gasteiger partial charge in [0.2, 0.25) is 11.8 Å². The Hall–Kier alpha value is -0.900. The molecule has 0 aromatic rings. The maximum absolute atomic E-state index is 11.7. The molecule has 0 saturated carbocycles. The van der Waals surface area contributed by atoms with Gasteiger partial charge in [-0.05, 0) is 38.6 Å². The molecule has 0 aromatic heterocycles. The summed E-state index contributed by atoms with van der Waals surface area (Å²) in [5.41, 5.74) is 0. The van der Waals surface area contributed by atoms with Crippen LogP contribution < -0.4 is 5.32 Å². The zero-order valence-electron chi connectivity index (χ0n) is 9.71. The van der Waals surface area contributed by atoms with Gasteiger partial charge in [-0.25, -0.2) is 0 Å². The molecular formula is C12H20N2O2. The zero-order valence-corrected chi connectivity index (χ0v) is 9.71. The average Bonchev–Trinajstić information content (AvgIpc) is 2.72. The van der Waals surface area contributed by atoms with Crippen molar-refractivity contribution in [2.45, 2.75) is 51.0 Å². The van der Waals surface area contributed by atoms with Crippen molar-refractivity contribution in [2.24, 2.45) is 0 Å². The quantitative estimate of drug-likeness (QED) is 0.729. The Morgan fingerprint density at radius 3 is 2.38 bits per heavy atom. The van der Waals surface area contributed by atoms with Gasteiger partial charge in [0.1, 0.15) is 0 Å². The lowest BCUT2D eigenvalue weighted by molar-refractivity contribution is -0.143. The van der Waals surface area contributed by atoms with Crippen LogP contribution in [0.25, 0.3) is 0 Å². The summed E-state index contributed by atoms with van der Waals surface area (Å²) in [6.07, 6.45) is 6.12. The highest BCUT2D eigenvalue weighted by Gasteiger charge is 2.25. The Morgan fingerprint density at radius 1 is 1.12 bits per heavy atom. The molecule has 2 aliphatic heterocycles. The Bertz CT molecular complexity index is 254. The number of nitrogens with one attached hydrogen (secondary N) is 1. The molecule has 4 heteroatoms. The number of rotatable bonds is 3. The van der Waals surface area contributed by atoms with Crippen molar-refractivity contribution in [1.29, 1.82) is 0 Å². The lowest BCUT2D eigenvalue weighted by Crippen LogP contribution is -2.38. The monoisotopic (exact) mass is 224 g/mol. The maximum atomic E-state index is 11.7. The Morgan fingerprint density at radius 2 is 1.81 bits per heavy atom. The predicted octanol–water partition coefficient (Wildman–Crippen LogP) is 1.06. The highest BCUT2D eigenvalue weighted by molar-refractivity contribution is 5.95. The van der Waals surface area contributed by atoms with Crippen LogP contribution in [0.15, 0.2) is 0 Å². The molecule has 1 atom stereocenters. The van der Waals surface area contributed by atoms with Crippen LogP contribution in [0.4, 0.5) is 0 Å². The molecule has 16 heavy (non-hydrogen) atoms. The molecule has 4 nitrogen and oxygen atoms in total. The Kier molecular flexibility index (Phi) is 3.93. The van der Waals surface area contributed by atoms with Crippen molar-refractivity contribution in [3.05, 3.63) is 0 Å². The molecule has 2 aliphatic rings. The fraction of sp³-hybridized carbons (Fsp3) is 0.833. The molecule has 1 N–H and O–H groups in total. The first-order chi connectivity index (χ1) is 7.77. The number of nitrogens with zero attached hydrogens (tertiary/aromatic N) is 1. The molecular weight excluding hydrogens is 204 g/mol.